The average molecular weight is 144 g/mol. The molecular formula is C7H12OS. The molecule has 52 valence electrons. The lowest BCUT2D eigenvalue weighted by atomic mass is 10.0. The highest BCUT2D eigenvalue weighted by Crippen LogP contribution is 2.30. The molecule has 2 aliphatic rings. The Labute approximate surface area is 60.2 Å². The molecule has 0 aliphatic carbocycles. The molecule has 2 fully saturated rings. The summed E-state index contributed by atoms with van der Waals surface area (Å²) in [5, 5.41) is 0. The summed E-state index contributed by atoms with van der Waals surface area (Å²) in [5.41, 5.74) is 0. The molecule has 0 saturated carbocycles. The van der Waals surface area contributed by atoms with Crippen molar-refractivity contribution in [1.29, 1.82) is 0 Å². The van der Waals surface area contributed by atoms with E-state index in [4.69, 9.17) is 4.74 Å². The third kappa shape index (κ3) is 1.24. The zero-order valence-corrected chi connectivity index (χ0v) is 6.32. The molecule has 2 saturated heterocycles. The third-order valence-corrected chi connectivity index (χ3v) is 3.27. The molecule has 2 rings (SSSR count). The number of hydrogen-bond acceptors (Lipinski definition) is 2. The third-order valence-electron chi connectivity index (χ3n) is 2.14. The van der Waals surface area contributed by atoms with Crippen molar-refractivity contribution < 1.29 is 4.74 Å². The molecule has 2 unspecified atom stereocenters. The Kier molecular flexibility index (Phi) is 1.68. The highest BCUT2D eigenvalue weighted by atomic mass is 32.2. The summed E-state index contributed by atoms with van der Waals surface area (Å²) in [6.07, 6.45) is 3.34. The second-order valence-corrected chi connectivity index (χ2v) is 4.07. The van der Waals surface area contributed by atoms with Gasteiger partial charge in [0.15, 0.2) is 0 Å². The molecular weight excluding hydrogens is 132 g/mol. The summed E-state index contributed by atoms with van der Waals surface area (Å²) in [4.78, 5) is 0. The lowest BCUT2D eigenvalue weighted by molar-refractivity contribution is 0.122. The van der Waals surface area contributed by atoms with Gasteiger partial charge in [-0.2, -0.15) is 11.8 Å². The fourth-order valence-corrected chi connectivity index (χ4v) is 2.72. The van der Waals surface area contributed by atoms with Gasteiger partial charge in [-0.05, 0) is 24.5 Å². The molecule has 0 aromatic rings. The molecule has 2 bridgehead atoms. The van der Waals surface area contributed by atoms with E-state index in [1.807, 2.05) is 0 Å². The van der Waals surface area contributed by atoms with E-state index in [9.17, 15) is 0 Å². The molecule has 2 heterocycles. The van der Waals surface area contributed by atoms with Crippen molar-refractivity contribution in [2.24, 2.45) is 5.92 Å². The van der Waals surface area contributed by atoms with Crippen LogP contribution in [0.4, 0.5) is 0 Å². The number of thioether (sulfide) groups is 1. The maximum Gasteiger partial charge on any atom is 0.0669 e. The zero-order chi connectivity index (χ0) is 6.10. The van der Waals surface area contributed by atoms with E-state index in [-0.39, 0.29) is 0 Å². The maximum atomic E-state index is 5.54. The monoisotopic (exact) mass is 144 g/mol. The van der Waals surface area contributed by atoms with E-state index < -0.39 is 0 Å². The summed E-state index contributed by atoms with van der Waals surface area (Å²) >= 11 is 2.05. The van der Waals surface area contributed by atoms with Crippen molar-refractivity contribution in [2.45, 2.75) is 18.9 Å². The summed E-state index contributed by atoms with van der Waals surface area (Å²) in [6, 6.07) is 0. The van der Waals surface area contributed by atoms with Crippen LogP contribution in [0.2, 0.25) is 0 Å². The highest BCUT2D eigenvalue weighted by Gasteiger charge is 2.27. The molecule has 0 radical (unpaired) electrons. The van der Waals surface area contributed by atoms with Gasteiger partial charge in [0.05, 0.1) is 6.10 Å². The number of rotatable bonds is 0. The predicted molar refractivity (Wildman–Crippen MR) is 39.8 cm³/mol. The van der Waals surface area contributed by atoms with Gasteiger partial charge in [-0.3, -0.25) is 0 Å². The van der Waals surface area contributed by atoms with E-state index in [2.05, 4.69) is 11.8 Å². The van der Waals surface area contributed by atoms with Gasteiger partial charge in [-0.15, -0.1) is 0 Å². The van der Waals surface area contributed by atoms with Gasteiger partial charge in [0, 0.05) is 12.4 Å². The summed E-state index contributed by atoms with van der Waals surface area (Å²) in [5.74, 6) is 3.52. The Morgan fingerprint density at radius 3 is 3.44 bits per heavy atom. The molecule has 0 N–H and O–H groups in total. The lowest BCUT2D eigenvalue weighted by Crippen LogP contribution is -2.07. The van der Waals surface area contributed by atoms with Gasteiger partial charge < -0.3 is 4.74 Å². The fourth-order valence-electron chi connectivity index (χ4n) is 1.56. The molecule has 0 aromatic carbocycles. The van der Waals surface area contributed by atoms with Crippen LogP contribution in [0.3, 0.4) is 0 Å². The van der Waals surface area contributed by atoms with Crippen LogP contribution in [0, 0.1) is 5.92 Å². The van der Waals surface area contributed by atoms with Crippen LogP contribution in [0.25, 0.3) is 0 Å². The van der Waals surface area contributed by atoms with Gasteiger partial charge in [0.1, 0.15) is 0 Å². The molecule has 2 atom stereocenters. The Balaban J connectivity index is 1.99. The Morgan fingerprint density at radius 2 is 2.44 bits per heavy atom. The van der Waals surface area contributed by atoms with Gasteiger partial charge in [0.25, 0.3) is 0 Å². The summed E-state index contributed by atoms with van der Waals surface area (Å²) < 4.78 is 5.54. The largest absolute Gasteiger partial charge is 0.377 e. The summed E-state index contributed by atoms with van der Waals surface area (Å²) in [7, 11) is 0. The van der Waals surface area contributed by atoms with Crippen molar-refractivity contribution >= 4 is 11.8 Å². The van der Waals surface area contributed by atoms with Crippen molar-refractivity contribution in [3.63, 3.8) is 0 Å². The standard InChI is InChI=1S/C7H12OS/c1-2-9-5-7-3-6(1)4-8-7/h6-7H,1-5H2. The smallest absolute Gasteiger partial charge is 0.0669 e. The Bertz CT molecular complexity index is 93.1. The van der Waals surface area contributed by atoms with Gasteiger partial charge in [-0.25, -0.2) is 0 Å². The Hall–Kier alpha value is 0.310. The zero-order valence-electron chi connectivity index (χ0n) is 5.51. The van der Waals surface area contributed by atoms with Gasteiger partial charge >= 0.3 is 0 Å². The Morgan fingerprint density at radius 1 is 1.44 bits per heavy atom. The molecule has 0 spiro atoms. The number of hydrogen-bond donors (Lipinski definition) is 0. The van der Waals surface area contributed by atoms with Crippen molar-refractivity contribution in [2.75, 3.05) is 18.1 Å². The summed E-state index contributed by atoms with van der Waals surface area (Å²) in [6.45, 7) is 1.05. The SMILES string of the molecule is C1CC2COC(CS1)C2. The lowest BCUT2D eigenvalue weighted by Gasteiger charge is -2.07. The topological polar surface area (TPSA) is 9.23 Å². The van der Waals surface area contributed by atoms with Crippen LogP contribution >= 0.6 is 11.8 Å². The second kappa shape index (κ2) is 2.51. The van der Waals surface area contributed by atoms with Gasteiger partial charge in [0.2, 0.25) is 0 Å². The van der Waals surface area contributed by atoms with Crippen molar-refractivity contribution in [3.8, 4) is 0 Å². The minimum absolute atomic E-state index is 0.613. The first kappa shape index (κ1) is 6.05. The highest BCUT2D eigenvalue weighted by molar-refractivity contribution is 7.99. The minimum Gasteiger partial charge on any atom is -0.377 e. The van der Waals surface area contributed by atoms with E-state index in [1.165, 1.54) is 24.3 Å². The fraction of sp³-hybridized carbons (Fsp3) is 1.00. The second-order valence-electron chi connectivity index (χ2n) is 2.92. The van der Waals surface area contributed by atoms with E-state index in [0.717, 1.165) is 12.5 Å². The molecule has 1 nitrogen and oxygen atoms in total. The first-order valence-corrected chi connectivity index (χ1v) is 4.80. The number of fused-ring (bicyclic) bond motifs is 2. The van der Waals surface area contributed by atoms with Crippen molar-refractivity contribution in [3.05, 3.63) is 0 Å². The molecule has 0 amide bonds. The van der Waals surface area contributed by atoms with E-state index in [0.29, 0.717) is 6.10 Å². The molecule has 9 heavy (non-hydrogen) atoms. The molecule has 2 heteroatoms. The molecule has 0 aromatic heterocycles. The van der Waals surface area contributed by atoms with Crippen LogP contribution in [0.5, 0.6) is 0 Å². The van der Waals surface area contributed by atoms with E-state index in [1.54, 1.807) is 0 Å². The van der Waals surface area contributed by atoms with Crippen LogP contribution < -0.4 is 0 Å². The minimum atomic E-state index is 0.613. The number of ether oxygens (including phenoxy) is 1. The average Bonchev–Trinajstić information content (AvgIpc) is 2.09. The van der Waals surface area contributed by atoms with Crippen LogP contribution in [-0.2, 0) is 4.74 Å². The van der Waals surface area contributed by atoms with Crippen LogP contribution in [0.1, 0.15) is 12.8 Å². The normalized spacial score (nSPS) is 42.7. The van der Waals surface area contributed by atoms with Crippen LogP contribution in [0.15, 0.2) is 0 Å². The maximum absolute atomic E-state index is 5.54. The van der Waals surface area contributed by atoms with Gasteiger partial charge in [-0.1, -0.05) is 0 Å². The first-order valence-electron chi connectivity index (χ1n) is 3.64. The quantitative estimate of drug-likeness (QED) is 0.510. The molecule has 2 aliphatic heterocycles. The van der Waals surface area contributed by atoms with Crippen molar-refractivity contribution in [1.82, 2.24) is 0 Å². The van der Waals surface area contributed by atoms with Crippen LogP contribution in [-0.4, -0.2) is 24.2 Å². The predicted octanol–water partition coefficient (Wildman–Crippen LogP) is 1.53. The van der Waals surface area contributed by atoms with E-state index >= 15 is 0 Å². The first-order chi connectivity index (χ1) is 4.45.